The fraction of sp³-hybridized carbons (Fsp3) is 0.250. The van der Waals surface area contributed by atoms with Gasteiger partial charge in [0.05, 0.1) is 24.3 Å². The minimum Gasteiger partial charge on any atom is -0.493 e. The number of carbonyl (C=O) groups excluding carboxylic acids is 1. The molecule has 1 aliphatic heterocycles. The number of nitrogens with one attached hydrogen (secondary N) is 2. The van der Waals surface area contributed by atoms with Crippen LogP contribution in [0.1, 0.15) is 43.5 Å². The van der Waals surface area contributed by atoms with Gasteiger partial charge in [0.1, 0.15) is 23.1 Å². The number of aryl methyl sites for hydroxylation is 1. The topological polar surface area (TPSA) is 89.2 Å². The number of carbonyl (C=O) groups is 1. The molecule has 2 aromatic heterocycles. The molecule has 10 heteroatoms. The van der Waals surface area contributed by atoms with Gasteiger partial charge in [-0.3, -0.25) is 4.79 Å². The standard InChI is InChI=1S/C32H28F3N3O4/c1-3-40-27(39)10-7-18-5-4-6-22-29(18)41-14-12-32(22,2)26-17-37-31(38-26)21-15-19(8-9-23(21)33)42-30-24(34)16-25-20(28(30)35)11-13-36-25/h4-6,8-9,11,13,15-17,36H,3,7,10,12,14H2,1-2H3,(H,37,38)/t32-/m1/s1. The van der Waals surface area contributed by atoms with Crippen molar-refractivity contribution in [2.75, 3.05) is 13.2 Å². The van der Waals surface area contributed by atoms with E-state index in [0.29, 0.717) is 31.6 Å². The zero-order chi connectivity index (χ0) is 29.4. The highest BCUT2D eigenvalue weighted by Crippen LogP contribution is 2.45. The Labute approximate surface area is 239 Å². The van der Waals surface area contributed by atoms with Crippen LogP contribution in [0.5, 0.6) is 17.2 Å². The minimum absolute atomic E-state index is 0.0471. The van der Waals surface area contributed by atoms with Gasteiger partial charge < -0.3 is 24.2 Å². The first kappa shape index (κ1) is 27.4. The number of halogens is 3. The second-order valence-corrected chi connectivity index (χ2v) is 10.4. The van der Waals surface area contributed by atoms with Gasteiger partial charge in [0.25, 0.3) is 0 Å². The third-order valence-corrected chi connectivity index (χ3v) is 7.73. The quantitative estimate of drug-likeness (QED) is 0.189. The number of esters is 1. The van der Waals surface area contributed by atoms with Crippen LogP contribution in [-0.2, 0) is 21.4 Å². The monoisotopic (exact) mass is 575 g/mol. The van der Waals surface area contributed by atoms with E-state index in [1.54, 1.807) is 13.1 Å². The third-order valence-electron chi connectivity index (χ3n) is 7.73. The van der Waals surface area contributed by atoms with Crippen molar-refractivity contribution in [2.45, 2.75) is 38.5 Å². The summed E-state index contributed by atoms with van der Waals surface area (Å²) in [7, 11) is 0. The number of hydrogen-bond acceptors (Lipinski definition) is 5. The molecule has 2 N–H and O–H groups in total. The van der Waals surface area contributed by atoms with Crippen LogP contribution in [0.4, 0.5) is 13.2 Å². The lowest BCUT2D eigenvalue weighted by atomic mass is 9.74. The molecule has 0 unspecified atom stereocenters. The molecular weight excluding hydrogens is 547 g/mol. The molecular formula is C32H28F3N3O4. The maximum Gasteiger partial charge on any atom is 0.306 e. The Bertz CT molecular complexity index is 1800. The number of aromatic nitrogens is 3. The number of hydrogen-bond donors (Lipinski definition) is 2. The number of para-hydroxylation sites is 1. The average molecular weight is 576 g/mol. The van der Waals surface area contributed by atoms with E-state index in [1.807, 2.05) is 18.2 Å². The van der Waals surface area contributed by atoms with E-state index in [0.717, 1.165) is 28.6 Å². The molecule has 3 aromatic carbocycles. The van der Waals surface area contributed by atoms with Crippen molar-refractivity contribution < 1.29 is 32.2 Å². The van der Waals surface area contributed by atoms with Crippen molar-refractivity contribution >= 4 is 16.9 Å². The first-order chi connectivity index (χ1) is 20.3. The predicted octanol–water partition coefficient (Wildman–Crippen LogP) is 7.35. The molecule has 1 aliphatic rings. The summed E-state index contributed by atoms with van der Waals surface area (Å²) in [5.74, 6) is -2.17. The Morgan fingerprint density at radius 2 is 1.98 bits per heavy atom. The van der Waals surface area contributed by atoms with Crippen LogP contribution in [-0.4, -0.2) is 34.1 Å². The lowest BCUT2D eigenvalue weighted by Gasteiger charge is -2.36. The van der Waals surface area contributed by atoms with E-state index in [9.17, 15) is 13.6 Å². The van der Waals surface area contributed by atoms with Gasteiger partial charge in [0.15, 0.2) is 17.4 Å². The molecule has 7 nitrogen and oxygen atoms in total. The Balaban J connectivity index is 1.30. The highest BCUT2D eigenvalue weighted by molar-refractivity contribution is 5.82. The number of H-pyrrole nitrogens is 2. The Morgan fingerprint density at radius 1 is 1.12 bits per heavy atom. The molecule has 3 heterocycles. The van der Waals surface area contributed by atoms with Crippen LogP contribution in [0.3, 0.4) is 0 Å². The number of aromatic amines is 2. The Morgan fingerprint density at radius 3 is 2.81 bits per heavy atom. The maximum absolute atomic E-state index is 15.0. The lowest BCUT2D eigenvalue weighted by Crippen LogP contribution is -2.32. The second kappa shape index (κ2) is 10.9. The van der Waals surface area contributed by atoms with Crippen molar-refractivity contribution in [2.24, 2.45) is 0 Å². The van der Waals surface area contributed by atoms with E-state index in [-0.39, 0.29) is 34.9 Å². The SMILES string of the molecule is CCOC(=O)CCc1cccc2c1OCC[C@@]2(C)c1cnc(-c2cc(Oc3c(F)cc4[nH]ccc4c3F)ccc2F)[nH]1. The summed E-state index contributed by atoms with van der Waals surface area (Å²) in [6.07, 6.45) is 4.51. The van der Waals surface area contributed by atoms with Crippen molar-refractivity contribution in [1.29, 1.82) is 0 Å². The van der Waals surface area contributed by atoms with Crippen molar-refractivity contribution in [1.82, 2.24) is 15.0 Å². The number of imidazole rings is 1. The molecule has 42 heavy (non-hydrogen) atoms. The van der Waals surface area contributed by atoms with E-state index < -0.39 is 28.6 Å². The van der Waals surface area contributed by atoms with Gasteiger partial charge in [0, 0.05) is 46.9 Å². The number of ether oxygens (including phenoxy) is 3. The van der Waals surface area contributed by atoms with Gasteiger partial charge in [-0.05, 0) is 56.5 Å². The molecule has 1 atom stereocenters. The molecule has 0 saturated heterocycles. The molecule has 0 fully saturated rings. The molecule has 0 aliphatic carbocycles. The molecule has 0 spiro atoms. The van der Waals surface area contributed by atoms with Crippen molar-refractivity contribution in [3.05, 3.63) is 95.2 Å². The Kier molecular flexibility index (Phi) is 7.14. The molecule has 0 amide bonds. The summed E-state index contributed by atoms with van der Waals surface area (Å²) >= 11 is 0. The van der Waals surface area contributed by atoms with Gasteiger partial charge in [-0.1, -0.05) is 18.2 Å². The average Bonchev–Trinajstić information content (AvgIpc) is 3.66. The van der Waals surface area contributed by atoms with Gasteiger partial charge in [-0.2, -0.15) is 0 Å². The van der Waals surface area contributed by atoms with Crippen LogP contribution in [0.15, 0.2) is 60.9 Å². The van der Waals surface area contributed by atoms with Gasteiger partial charge in [-0.25, -0.2) is 18.2 Å². The molecule has 0 saturated carbocycles. The van der Waals surface area contributed by atoms with Gasteiger partial charge in [0.2, 0.25) is 0 Å². The zero-order valence-corrected chi connectivity index (χ0v) is 23.0. The fourth-order valence-corrected chi connectivity index (χ4v) is 5.44. The molecule has 0 radical (unpaired) electrons. The van der Waals surface area contributed by atoms with Gasteiger partial charge >= 0.3 is 5.97 Å². The summed E-state index contributed by atoms with van der Waals surface area (Å²) in [6, 6.07) is 12.3. The first-order valence-corrected chi connectivity index (χ1v) is 13.7. The normalized spacial score (nSPS) is 16.2. The summed E-state index contributed by atoms with van der Waals surface area (Å²) in [5, 5.41) is 0.179. The van der Waals surface area contributed by atoms with Crippen LogP contribution in [0.2, 0.25) is 0 Å². The number of benzene rings is 3. The summed E-state index contributed by atoms with van der Waals surface area (Å²) in [4.78, 5) is 22.4. The van der Waals surface area contributed by atoms with Gasteiger partial charge in [-0.15, -0.1) is 0 Å². The smallest absolute Gasteiger partial charge is 0.306 e. The molecule has 0 bridgehead atoms. The van der Waals surface area contributed by atoms with Crippen molar-refractivity contribution in [3.8, 4) is 28.6 Å². The van der Waals surface area contributed by atoms with Crippen LogP contribution >= 0.6 is 0 Å². The highest BCUT2D eigenvalue weighted by atomic mass is 19.1. The lowest BCUT2D eigenvalue weighted by molar-refractivity contribution is -0.143. The Hall–Kier alpha value is -4.73. The third kappa shape index (κ3) is 4.87. The maximum atomic E-state index is 15.0. The minimum atomic E-state index is -0.888. The summed E-state index contributed by atoms with van der Waals surface area (Å²) < 4.78 is 61.4. The number of fused-ring (bicyclic) bond motifs is 2. The van der Waals surface area contributed by atoms with Crippen molar-refractivity contribution in [3.63, 3.8) is 0 Å². The zero-order valence-electron chi connectivity index (χ0n) is 23.0. The fourth-order valence-electron chi connectivity index (χ4n) is 5.44. The van der Waals surface area contributed by atoms with Crippen LogP contribution in [0.25, 0.3) is 22.3 Å². The van der Waals surface area contributed by atoms with E-state index in [2.05, 4.69) is 21.9 Å². The van der Waals surface area contributed by atoms with Crippen LogP contribution in [0, 0.1) is 17.5 Å². The summed E-state index contributed by atoms with van der Waals surface area (Å²) in [5.41, 5.74) is 2.41. The van der Waals surface area contributed by atoms with E-state index >= 15 is 4.39 Å². The highest BCUT2D eigenvalue weighted by Gasteiger charge is 2.38. The molecule has 216 valence electrons. The molecule has 5 aromatic rings. The number of rotatable bonds is 8. The summed E-state index contributed by atoms with van der Waals surface area (Å²) in [6.45, 7) is 4.59. The first-order valence-electron chi connectivity index (χ1n) is 13.7. The van der Waals surface area contributed by atoms with E-state index in [4.69, 9.17) is 14.2 Å². The largest absolute Gasteiger partial charge is 0.493 e. The van der Waals surface area contributed by atoms with Crippen LogP contribution < -0.4 is 9.47 Å². The van der Waals surface area contributed by atoms with E-state index in [1.165, 1.54) is 30.5 Å². The predicted molar refractivity (Wildman–Crippen MR) is 150 cm³/mol. The molecule has 6 rings (SSSR count). The number of nitrogens with zero attached hydrogens (tertiary/aromatic N) is 1. The second-order valence-electron chi connectivity index (χ2n) is 10.4.